The van der Waals surface area contributed by atoms with Gasteiger partial charge in [-0.2, -0.15) is 0 Å². The highest BCUT2D eigenvalue weighted by Gasteiger charge is 2.11. The molecule has 118 valence electrons. The average molecular weight is 423 g/mol. The molecule has 1 aliphatic heterocycles. The lowest BCUT2D eigenvalue weighted by Gasteiger charge is -2.15. The minimum absolute atomic E-state index is 0. The second kappa shape index (κ2) is 9.24. The van der Waals surface area contributed by atoms with E-state index in [9.17, 15) is 8.42 Å². The number of guanidine groups is 1. The molecule has 0 amide bonds. The molecule has 0 saturated carbocycles. The van der Waals surface area contributed by atoms with Crippen molar-refractivity contribution in [1.29, 1.82) is 0 Å². The quantitative estimate of drug-likeness (QED) is 0.538. The van der Waals surface area contributed by atoms with Crippen LogP contribution in [0.4, 0.5) is 0 Å². The van der Waals surface area contributed by atoms with Crippen molar-refractivity contribution in [3.63, 3.8) is 0 Å². The Morgan fingerprint density at radius 2 is 2.00 bits per heavy atom. The van der Waals surface area contributed by atoms with Crippen LogP contribution in [-0.4, -0.2) is 39.8 Å². The molecular weight excluding hydrogens is 401 g/mol. The third-order valence-electron chi connectivity index (χ3n) is 3.05. The summed E-state index contributed by atoms with van der Waals surface area (Å²) in [6.07, 6.45) is 1.65. The van der Waals surface area contributed by atoms with Gasteiger partial charge < -0.3 is 10.6 Å². The number of aliphatic imine (C=N–C) groups is 1. The van der Waals surface area contributed by atoms with Crippen LogP contribution < -0.4 is 10.6 Å². The van der Waals surface area contributed by atoms with E-state index in [-0.39, 0.29) is 35.5 Å². The van der Waals surface area contributed by atoms with Crippen LogP contribution in [-0.2, 0) is 15.6 Å². The van der Waals surface area contributed by atoms with Gasteiger partial charge in [0.25, 0.3) is 0 Å². The fourth-order valence-electron chi connectivity index (χ4n) is 2.05. The van der Waals surface area contributed by atoms with Gasteiger partial charge >= 0.3 is 0 Å². The Morgan fingerprint density at radius 1 is 1.24 bits per heavy atom. The highest BCUT2D eigenvalue weighted by molar-refractivity contribution is 14.0. The first kappa shape index (κ1) is 18.2. The van der Waals surface area contributed by atoms with Gasteiger partial charge in [0.2, 0.25) is 0 Å². The molecule has 1 aromatic carbocycles. The van der Waals surface area contributed by atoms with E-state index in [1.54, 1.807) is 0 Å². The van der Waals surface area contributed by atoms with E-state index in [4.69, 9.17) is 0 Å². The Morgan fingerprint density at radius 3 is 2.67 bits per heavy atom. The van der Waals surface area contributed by atoms with Crippen molar-refractivity contribution in [2.45, 2.75) is 18.6 Å². The molecule has 1 aliphatic rings. The summed E-state index contributed by atoms with van der Waals surface area (Å²) in [6, 6.07) is 9.30. The van der Waals surface area contributed by atoms with Crippen molar-refractivity contribution in [3.8, 4) is 0 Å². The number of nitrogens with zero attached hydrogens (tertiary/aromatic N) is 1. The predicted octanol–water partition coefficient (Wildman–Crippen LogP) is 1.55. The van der Waals surface area contributed by atoms with Gasteiger partial charge in [-0.05, 0) is 18.4 Å². The van der Waals surface area contributed by atoms with Crippen molar-refractivity contribution >= 4 is 39.8 Å². The zero-order valence-corrected chi connectivity index (χ0v) is 15.1. The number of sulfone groups is 1. The Kier molecular flexibility index (Phi) is 8.02. The Hall–Kier alpha value is -0.830. The lowest BCUT2D eigenvalue weighted by Crippen LogP contribution is -2.41. The molecule has 0 spiro atoms. The van der Waals surface area contributed by atoms with Gasteiger partial charge in [0.1, 0.15) is 0 Å². The maximum atomic E-state index is 12.0. The van der Waals surface area contributed by atoms with Crippen LogP contribution in [0.25, 0.3) is 0 Å². The Labute approximate surface area is 143 Å². The highest BCUT2D eigenvalue weighted by atomic mass is 127. The first-order valence-electron chi connectivity index (χ1n) is 6.92. The molecule has 2 rings (SSSR count). The molecule has 0 aromatic heterocycles. The van der Waals surface area contributed by atoms with Crippen molar-refractivity contribution in [2.24, 2.45) is 4.99 Å². The van der Waals surface area contributed by atoms with Crippen LogP contribution in [0.5, 0.6) is 0 Å². The van der Waals surface area contributed by atoms with Gasteiger partial charge in [0, 0.05) is 19.6 Å². The molecule has 0 fully saturated rings. The van der Waals surface area contributed by atoms with Gasteiger partial charge in [-0.25, -0.2) is 8.42 Å². The number of rotatable bonds is 6. The predicted molar refractivity (Wildman–Crippen MR) is 96.9 cm³/mol. The fourth-order valence-corrected chi connectivity index (χ4v) is 3.48. The fraction of sp³-hybridized carbons (Fsp3) is 0.500. The monoisotopic (exact) mass is 423 g/mol. The lowest BCUT2D eigenvalue weighted by molar-refractivity contribution is 0.591. The summed E-state index contributed by atoms with van der Waals surface area (Å²) >= 11 is 0. The van der Waals surface area contributed by atoms with Crippen LogP contribution in [0.1, 0.15) is 18.4 Å². The number of hydrogen-bond donors (Lipinski definition) is 2. The lowest BCUT2D eigenvalue weighted by atomic mass is 10.2. The Bertz CT molecular complexity index is 547. The zero-order valence-electron chi connectivity index (χ0n) is 11.9. The summed E-state index contributed by atoms with van der Waals surface area (Å²) < 4.78 is 24.0. The molecule has 21 heavy (non-hydrogen) atoms. The maximum Gasteiger partial charge on any atom is 0.191 e. The number of nitrogens with one attached hydrogen (secondary N) is 2. The standard InChI is InChI=1S/C14H21N3O2S.HI/c18-20(19,12-13-6-2-1-3-7-13)11-5-10-17-14-15-8-4-9-16-14;/h1-3,6-7H,4-5,8-12H2,(H2,15,16,17);1H. The second-order valence-corrected chi connectivity index (χ2v) is 7.05. The van der Waals surface area contributed by atoms with Crippen molar-refractivity contribution < 1.29 is 8.42 Å². The van der Waals surface area contributed by atoms with Gasteiger partial charge in [-0.3, -0.25) is 4.99 Å². The zero-order chi connectivity index (χ0) is 14.3. The molecular formula is C14H22IN3O2S. The van der Waals surface area contributed by atoms with E-state index in [0.717, 1.165) is 31.0 Å². The minimum Gasteiger partial charge on any atom is -0.356 e. The minimum atomic E-state index is -3.04. The van der Waals surface area contributed by atoms with Crippen LogP contribution >= 0.6 is 24.0 Å². The molecule has 7 heteroatoms. The van der Waals surface area contributed by atoms with E-state index in [1.807, 2.05) is 30.3 Å². The number of hydrogen-bond acceptors (Lipinski definition) is 5. The number of halogens is 1. The summed E-state index contributed by atoms with van der Waals surface area (Å²) in [4.78, 5) is 4.28. The summed E-state index contributed by atoms with van der Waals surface area (Å²) in [5.41, 5.74) is 0.846. The van der Waals surface area contributed by atoms with Crippen molar-refractivity contribution in [2.75, 3.05) is 25.4 Å². The largest absolute Gasteiger partial charge is 0.356 e. The second-order valence-electron chi connectivity index (χ2n) is 4.87. The summed E-state index contributed by atoms with van der Waals surface area (Å²) in [6.45, 7) is 2.39. The molecule has 0 atom stereocenters. The van der Waals surface area contributed by atoms with E-state index >= 15 is 0 Å². The molecule has 1 heterocycles. The van der Waals surface area contributed by atoms with Gasteiger partial charge in [-0.15, -0.1) is 24.0 Å². The third kappa shape index (κ3) is 7.12. The van der Waals surface area contributed by atoms with Crippen LogP contribution in [0, 0.1) is 0 Å². The van der Waals surface area contributed by atoms with Crippen LogP contribution in [0.2, 0.25) is 0 Å². The van der Waals surface area contributed by atoms with Crippen LogP contribution in [0.3, 0.4) is 0 Å². The molecule has 0 bridgehead atoms. The van der Waals surface area contributed by atoms with E-state index in [1.165, 1.54) is 0 Å². The SMILES string of the molecule is I.O=S(=O)(CCCNC1=NCCCN1)Cc1ccccc1. The average Bonchev–Trinajstić information content (AvgIpc) is 2.45. The highest BCUT2D eigenvalue weighted by Crippen LogP contribution is 2.06. The molecule has 2 N–H and O–H groups in total. The van der Waals surface area contributed by atoms with E-state index < -0.39 is 9.84 Å². The van der Waals surface area contributed by atoms with Gasteiger partial charge in [-0.1, -0.05) is 30.3 Å². The van der Waals surface area contributed by atoms with E-state index in [2.05, 4.69) is 15.6 Å². The molecule has 0 aliphatic carbocycles. The van der Waals surface area contributed by atoms with E-state index in [0.29, 0.717) is 13.0 Å². The summed E-state index contributed by atoms with van der Waals surface area (Å²) in [7, 11) is -3.04. The summed E-state index contributed by atoms with van der Waals surface area (Å²) in [5.74, 6) is 1.10. The number of benzene rings is 1. The Balaban J connectivity index is 0.00000220. The molecule has 0 saturated heterocycles. The topological polar surface area (TPSA) is 70.6 Å². The molecule has 0 unspecified atom stereocenters. The van der Waals surface area contributed by atoms with Gasteiger partial charge in [0.05, 0.1) is 11.5 Å². The normalized spacial score (nSPS) is 14.6. The molecule has 0 radical (unpaired) electrons. The van der Waals surface area contributed by atoms with Crippen LogP contribution in [0.15, 0.2) is 35.3 Å². The van der Waals surface area contributed by atoms with Gasteiger partial charge in [0.15, 0.2) is 15.8 Å². The first-order valence-corrected chi connectivity index (χ1v) is 8.74. The third-order valence-corrected chi connectivity index (χ3v) is 4.74. The first-order chi connectivity index (χ1) is 9.66. The molecule has 5 nitrogen and oxygen atoms in total. The van der Waals surface area contributed by atoms with Crippen molar-refractivity contribution in [3.05, 3.63) is 35.9 Å². The summed E-state index contributed by atoms with van der Waals surface area (Å²) in [5, 5.41) is 6.28. The maximum absolute atomic E-state index is 12.0. The van der Waals surface area contributed by atoms with Crippen molar-refractivity contribution in [1.82, 2.24) is 10.6 Å². The smallest absolute Gasteiger partial charge is 0.191 e. The molecule has 1 aromatic rings.